The Balaban J connectivity index is 1.92. The second-order valence-corrected chi connectivity index (χ2v) is 8.26. The number of halogens is 1. The predicted octanol–water partition coefficient (Wildman–Crippen LogP) is 4.04. The smallest absolute Gasteiger partial charge is 0.278 e. The average Bonchev–Trinajstić information content (AvgIpc) is 2.53. The number of benzene rings is 1. The average molecular weight is 446 g/mol. The Hall–Kier alpha value is -2.02. The molecule has 1 aromatic rings. The highest BCUT2D eigenvalue weighted by molar-refractivity contribution is 14.1. The van der Waals surface area contributed by atoms with Gasteiger partial charge in [-0.3, -0.25) is 9.59 Å². The molecule has 0 saturated carbocycles. The van der Waals surface area contributed by atoms with E-state index in [0.29, 0.717) is 11.3 Å². The van der Waals surface area contributed by atoms with E-state index in [0.717, 1.165) is 14.8 Å². The maximum absolute atomic E-state index is 12.4. The van der Waals surface area contributed by atoms with Crippen LogP contribution in [0, 0.1) is 14.9 Å². The van der Waals surface area contributed by atoms with Crippen molar-refractivity contribution in [2.24, 2.45) is 16.3 Å². The molecule has 0 saturated heterocycles. The Morgan fingerprint density at radius 1 is 1.20 bits per heavy atom. The van der Waals surface area contributed by atoms with Crippen LogP contribution in [-0.4, -0.2) is 17.5 Å². The summed E-state index contributed by atoms with van der Waals surface area (Å²) >= 11 is 2.13. The molecule has 4 nitrogen and oxygen atoms in total. The van der Waals surface area contributed by atoms with Gasteiger partial charge in [0.05, 0.1) is 11.3 Å². The van der Waals surface area contributed by atoms with E-state index in [1.807, 2.05) is 30.4 Å². The summed E-state index contributed by atoms with van der Waals surface area (Å²) in [6.07, 6.45) is 7.30. The Bertz CT molecular complexity index is 870. The molecule has 1 heterocycles. The first kappa shape index (κ1) is 17.8. The number of fused-ring (bicyclic) bond motifs is 1. The summed E-state index contributed by atoms with van der Waals surface area (Å²) in [6, 6.07) is 7.35. The second-order valence-electron chi connectivity index (χ2n) is 7.10. The summed E-state index contributed by atoms with van der Waals surface area (Å²) in [5, 5.41) is 2.88. The molecule has 1 aliphatic heterocycles. The standard InChI is InChI=1S/C20H19IN2O2/c1-20(2,3)15-11-18(24)23-17-10-12(8-9-13(15)17)22-19(25)14-6-4-5-7-16(14)21/h4-11,13H,1-3H3,(H,23,24). The van der Waals surface area contributed by atoms with Crippen molar-refractivity contribution in [1.29, 1.82) is 0 Å². The van der Waals surface area contributed by atoms with Crippen LogP contribution in [0.2, 0.25) is 0 Å². The van der Waals surface area contributed by atoms with E-state index in [4.69, 9.17) is 0 Å². The molecule has 25 heavy (non-hydrogen) atoms. The van der Waals surface area contributed by atoms with Crippen LogP contribution >= 0.6 is 22.6 Å². The lowest BCUT2D eigenvalue weighted by molar-refractivity contribution is -0.116. The number of amides is 2. The van der Waals surface area contributed by atoms with Gasteiger partial charge in [0.15, 0.2) is 0 Å². The molecular formula is C20H19IN2O2. The van der Waals surface area contributed by atoms with Crippen molar-refractivity contribution in [2.45, 2.75) is 20.8 Å². The second kappa shape index (κ2) is 6.71. The van der Waals surface area contributed by atoms with Crippen LogP contribution in [0.4, 0.5) is 0 Å². The van der Waals surface area contributed by atoms with Gasteiger partial charge in [0.1, 0.15) is 0 Å². The molecule has 0 aromatic heterocycles. The number of nitrogens with zero attached hydrogens (tertiary/aromatic N) is 1. The van der Waals surface area contributed by atoms with Crippen LogP contribution in [0.15, 0.2) is 64.8 Å². The van der Waals surface area contributed by atoms with E-state index in [9.17, 15) is 9.59 Å². The molecule has 1 aliphatic carbocycles. The molecule has 2 aliphatic rings. The number of carbonyl (C=O) groups is 2. The first-order chi connectivity index (χ1) is 11.8. The van der Waals surface area contributed by atoms with Gasteiger partial charge < -0.3 is 5.32 Å². The minimum absolute atomic E-state index is 0.0172. The molecule has 2 amide bonds. The molecule has 1 atom stereocenters. The largest absolute Gasteiger partial charge is 0.325 e. The topological polar surface area (TPSA) is 58.5 Å². The van der Waals surface area contributed by atoms with Gasteiger partial charge in [-0.05, 0) is 57.9 Å². The molecule has 1 unspecified atom stereocenters. The lowest BCUT2D eigenvalue weighted by Crippen LogP contribution is -2.36. The number of aliphatic imine (C=N–C) groups is 1. The number of carbonyl (C=O) groups excluding carboxylic acids is 2. The van der Waals surface area contributed by atoms with Crippen molar-refractivity contribution >= 4 is 40.1 Å². The van der Waals surface area contributed by atoms with E-state index < -0.39 is 0 Å². The summed E-state index contributed by atoms with van der Waals surface area (Å²) in [5.41, 5.74) is 2.84. The third kappa shape index (κ3) is 3.81. The number of hydrogen-bond acceptors (Lipinski definition) is 2. The lowest BCUT2D eigenvalue weighted by atomic mass is 9.74. The first-order valence-corrected chi connectivity index (χ1v) is 9.14. The maximum Gasteiger partial charge on any atom is 0.278 e. The van der Waals surface area contributed by atoms with Gasteiger partial charge in [-0.1, -0.05) is 39.0 Å². The highest BCUT2D eigenvalue weighted by Crippen LogP contribution is 2.38. The van der Waals surface area contributed by atoms with Gasteiger partial charge in [-0.2, -0.15) is 0 Å². The number of nitrogens with one attached hydrogen (secondary N) is 1. The molecule has 1 aromatic carbocycles. The molecule has 5 heteroatoms. The quantitative estimate of drug-likeness (QED) is 0.662. The number of hydrogen-bond donors (Lipinski definition) is 1. The SMILES string of the molecule is CC(C)(C)C1=CC(=O)NC2=CC(=NC(=O)c3ccccc3I)C=CC21. The van der Waals surface area contributed by atoms with E-state index in [2.05, 4.69) is 53.7 Å². The predicted molar refractivity (Wildman–Crippen MR) is 107 cm³/mol. The minimum Gasteiger partial charge on any atom is -0.325 e. The van der Waals surface area contributed by atoms with Crippen LogP contribution in [0.5, 0.6) is 0 Å². The van der Waals surface area contributed by atoms with E-state index in [-0.39, 0.29) is 23.1 Å². The third-order valence-electron chi connectivity index (χ3n) is 4.19. The fraction of sp³-hybridized carbons (Fsp3) is 0.250. The van der Waals surface area contributed by atoms with E-state index in [1.54, 1.807) is 18.2 Å². The molecule has 0 fully saturated rings. The molecular weight excluding hydrogens is 427 g/mol. The Labute approximate surface area is 160 Å². The highest BCUT2D eigenvalue weighted by atomic mass is 127. The van der Waals surface area contributed by atoms with Crippen LogP contribution < -0.4 is 5.32 Å². The summed E-state index contributed by atoms with van der Waals surface area (Å²) in [6.45, 7) is 6.27. The van der Waals surface area contributed by atoms with Crippen LogP contribution in [-0.2, 0) is 4.79 Å². The zero-order valence-electron chi connectivity index (χ0n) is 14.3. The first-order valence-electron chi connectivity index (χ1n) is 8.06. The van der Waals surface area contributed by atoms with Gasteiger partial charge in [0, 0.05) is 21.3 Å². The lowest BCUT2D eigenvalue weighted by Gasteiger charge is -2.34. The zero-order chi connectivity index (χ0) is 18.2. The molecule has 0 spiro atoms. The molecule has 3 rings (SSSR count). The number of allylic oxidation sites excluding steroid dienone is 3. The fourth-order valence-electron chi connectivity index (χ4n) is 2.95. The van der Waals surface area contributed by atoms with Crippen LogP contribution in [0.3, 0.4) is 0 Å². The maximum atomic E-state index is 12.4. The Morgan fingerprint density at radius 3 is 2.60 bits per heavy atom. The molecule has 1 N–H and O–H groups in total. The van der Waals surface area contributed by atoms with E-state index >= 15 is 0 Å². The van der Waals surface area contributed by atoms with Crippen molar-refractivity contribution < 1.29 is 9.59 Å². The van der Waals surface area contributed by atoms with Crippen molar-refractivity contribution in [3.63, 3.8) is 0 Å². The van der Waals surface area contributed by atoms with Crippen LogP contribution in [0.25, 0.3) is 0 Å². The Morgan fingerprint density at radius 2 is 1.92 bits per heavy atom. The van der Waals surface area contributed by atoms with E-state index in [1.165, 1.54) is 0 Å². The van der Waals surface area contributed by atoms with Crippen molar-refractivity contribution in [1.82, 2.24) is 5.32 Å². The summed E-state index contributed by atoms with van der Waals surface area (Å²) in [4.78, 5) is 28.6. The van der Waals surface area contributed by atoms with Crippen molar-refractivity contribution in [3.8, 4) is 0 Å². The monoisotopic (exact) mass is 446 g/mol. The molecule has 0 bridgehead atoms. The third-order valence-corrected chi connectivity index (χ3v) is 5.13. The van der Waals surface area contributed by atoms with Gasteiger partial charge in [0.25, 0.3) is 5.91 Å². The van der Waals surface area contributed by atoms with Gasteiger partial charge >= 0.3 is 0 Å². The summed E-state index contributed by atoms with van der Waals surface area (Å²) in [5.74, 6) is -0.400. The van der Waals surface area contributed by atoms with Crippen molar-refractivity contribution in [2.75, 3.05) is 0 Å². The van der Waals surface area contributed by atoms with Gasteiger partial charge in [0.2, 0.25) is 5.91 Å². The summed E-state index contributed by atoms with van der Waals surface area (Å²) < 4.78 is 0.865. The minimum atomic E-state index is -0.284. The summed E-state index contributed by atoms with van der Waals surface area (Å²) in [7, 11) is 0. The van der Waals surface area contributed by atoms with Gasteiger partial charge in [-0.15, -0.1) is 0 Å². The van der Waals surface area contributed by atoms with Gasteiger partial charge in [-0.25, -0.2) is 4.99 Å². The van der Waals surface area contributed by atoms with Crippen molar-refractivity contribution in [3.05, 3.63) is 69.0 Å². The van der Waals surface area contributed by atoms with Crippen LogP contribution in [0.1, 0.15) is 31.1 Å². The zero-order valence-corrected chi connectivity index (χ0v) is 16.5. The normalized spacial score (nSPS) is 21.4. The fourth-order valence-corrected chi connectivity index (χ4v) is 3.57. The highest BCUT2D eigenvalue weighted by Gasteiger charge is 2.32. The Kier molecular flexibility index (Phi) is 4.77. The number of rotatable bonds is 1. The molecule has 128 valence electrons. The molecule has 0 radical (unpaired) electrons.